The normalized spacial score (nSPS) is 13.8. The highest BCUT2D eigenvalue weighted by Crippen LogP contribution is 2.30. The predicted molar refractivity (Wildman–Crippen MR) is 120 cm³/mol. The average Bonchev–Trinajstić information content (AvgIpc) is 2.83. The van der Waals surface area contributed by atoms with Crippen LogP contribution in [0.2, 0.25) is 5.02 Å². The Kier molecular flexibility index (Phi) is 6.23. The number of piperazine rings is 1. The minimum absolute atomic E-state index is 0.0990. The third-order valence-electron chi connectivity index (χ3n) is 5.32. The van der Waals surface area contributed by atoms with Crippen LogP contribution in [0.4, 0.5) is 5.82 Å². The molecule has 0 bridgehead atoms. The number of amides is 1. The Morgan fingerprint density at radius 2 is 1.52 bits per heavy atom. The zero-order chi connectivity index (χ0) is 21.8. The monoisotopic (exact) mass is 438 g/mol. The Hall–Kier alpha value is -3.32. The first-order valence-corrected chi connectivity index (χ1v) is 10.3. The number of carbonyl (C=O) groups excluding carboxylic acids is 1. The Morgan fingerprint density at radius 3 is 2.06 bits per heavy atom. The van der Waals surface area contributed by atoms with Crippen molar-refractivity contribution in [1.29, 1.82) is 0 Å². The maximum Gasteiger partial charge on any atom is 0.261 e. The summed E-state index contributed by atoms with van der Waals surface area (Å²) in [5.74, 6) is 1.71. The van der Waals surface area contributed by atoms with Gasteiger partial charge >= 0.3 is 0 Å². The number of anilines is 1. The highest BCUT2D eigenvalue weighted by Gasteiger charge is 2.27. The number of benzene rings is 2. The van der Waals surface area contributed by atoms with E-state index in [1.54, 1.807) is 32.4 Å². The molecule has 1 saturated heterocycles. The van der Waals surface area contributed by atoms with Gasteiger partial charge in [0.2, 0.25) is 0 Å². The largest absolute Gasteiger partial charge is 0.496 e. The smallest absolute Gasteiger partial charge is 0.261 e. The van der Waals surface area contributed by atoms with Crippen molar-refractivity contribution >= 4 is 23.3 Å². The second-order valence-corrected chi connectivity index (χ2v) is 7.54. The van der Waals surface area contributed by atoms with Crippen LogP contribution in [0.5, 0.6) is 11.5 Å². The number of methoxy groups -OCH3 is 2. The molecule has 4 rings (SSSR count). The molecule has 1 amide bonds. The van der Waals surface area contributed by atoms with Gasteiger partial charge in [0.15, 0.2) is 5.82 Å². The van der Waals surface area contributed by atoms with E-state index in [0.717, 1.165) is 17.1 Å². The molecule has 1 aromatic heterocycles. The average molecular weight is 439 g/mol. The lowest BCUT2D eigenvalue weighted by Crippen LogP contribution is -2.49. The summed E-state index contributed by atoms with van der Waals surface area (Å²) in [5.41, 5.74) is 2.20. The van der Waals surface area contributed by atoms with Crippen molar-refractivity contribution in [2.45, 2.75) is 0 Å². The minimum Gasteiger partial charge on any atom is -0.496 e. The lowest BCUT2D eigenvalue weighted by atomic mass is 10.1. The molecule has 0 spiro atoms. The summed E-state index contributed by atoms with van der Waals surface area (Å²) in [6.45, 7) is 2.47. The van der Waals surface area contributed by atoms with E-state index in [2.05, 4.69) is 15.1 Å². The van der Waals surface area contributed by atoms with Gasteiger partial charge in [0.25, 0.3) is 5.91 Å². The highest BCUT2D eigenvalue weighted by atomic mass is 35.5. The Morgan fingerprint density at radius 1 is 0.871 bits per heavy atom. The van der Waals surface area contributed by atoms with Crippen molar-refractivity contribution in [2.24, 2.45) is 0 Å². The molecule has 0 radical (unpaired) electrons. The minimum atomic E-state index is -0.0990. The molecule has 0 atom stereocenters. The predicted octanol–water partition coefficient (Wildman–Crippen LogP) is 3.78. The van der Waals surface area contributed by atoms with Gasteiger partial charge < -0.3 is 19.3 Å². The van der Waals surface area contributed by atoms with Crippen molar-refractivity contribution < 1.29 is 14.3 Å². The van der Waals surface area contributed by atoms with Gasteiger partial charge in [0.05, 0.1) is 19.9 Å². The molecule has 1 fully saturated rings. The van der Waals surface area contributed by atoms with Crippen molar-refractivity contribution in [2.75, 3.05) is 45.3 Å². The second-order valence-electron chi connectivity index (χ2n) is 7.10. The molecular formula is C23H23ClN4O3. The fourth-order valence-electron chi connectivity index (χ4n) is 3.63. The quantitative estimate of drug-likeness (QED) is 0.604. The molecule has 1 aliphatic heterocycles. The van der Waals surface area contributed by atoms with Crippen LogP contribution in [0, 0.1) is 0 Å². The molecule has 31 heavy (non-hydrogen) atoms. The van der Waals surface area contributed by atoms with E-state index in [1.165, 1.54) is 0 Å². The van der Waals surface area contributed by atoms with Crippen molar-refractivity contribution in [3.8, 4) is 22.8 Å². The van der Waals surface area contributed by atoms with Crippen LogP contribution >= 0.6 is 11.6 Å². The molecule has 0 aliphatic carbocycles. The molecule has 0 saturated carbocycles. The van der Waals surface area contributed by atoms with Gasteiger partial charge in [-0.25, -0.2) is 0 Å². The van der Waals surface area contributed by atoms with Crippen LogP contribution in [0.1, 0.15) is 10.4 Å². The van der Waals surface area contributed by atoms with Crippen molar-refractivity contribution in [1.82, 2.24) is 15.1 Å². The number of aromatic nitrogens is 2. The second kappa shape index (κ2) is 9.22. The number of ether oxygens (including phenoxy) is 2. The van der Waals surface area contributed by atoms with Crippen LogP contribution in [0.3, 0.4) is 0 Å². The number of hydrogen-bond acceptors (Lipinski definition) is 6. The third kappa shape index (κ3) is 4.41. The van der Waals surface area contributed by atoms with E-state index in [0.29, 0.717) is 48.3 Å². The fourth-order valence-corrected chi connectivity index (χ4v) is 3.75. The summed E-state index contributed by atoms with van der Waals surface area (Å²) in [6, 6.07) is 16.7. The fraction of sp³-hybridized carbons (Fsp3) is 0.261. The summed E-state index contributed by atoms with van der Waals surface area (Å²) in [4.78, 5) is 17.1. The van der Waals surface area contributed by atoms with Crippen molar-refractivity contribution in [3.63, 3.8) is 0 Å². The molecule has 3 aromatic rings. The van der Waals surface area contributed by atoms with Gasteiger partial charge in [0, 0.05) is 36.8 Å². The maximum absolute atomic E-state index is 13.1. The molecule has 7 nitrogen and oxygen atoms in total. The molecule has 2 aromatic carbocycles. The maximum atomic E-state index is 13.1. The third-order valence-corrected chi connectivity index (χ3v) is 5.57. The number of carbonyl (C=O) groups is 1. The van der Waals surface area contributed by atoms with Gasteiger partial charge in [0.1, 0.15) is 17.1 Å². The number of rotatable bonds is 5. The van der Waals surface area contributed by atoms with E-state index in [1.807, 2.05) is 41.3 Å². The summed E-state index contributed by atoms with van der Waals surface area (Å²) in [5, 5.41) is 9.42. The van der Waals surface area contributed by atoms with Gasteiger partial charge in [-0.1, -0.05) is 29.8 Å². The lowest BCUT2D eigenvalue weighted by molar-refractivity contribution is 0.0739. The standard InChI is InChI=1S/C23H23ClN4O3/c1-30-19-4-3-5-20(31-2)22(19)23(29)28-14-12-27(13-15-28)21-11-10-18(25-26-21)16-6-8-17(24)9-7-16/h3-11H,12-15H2,1-2H3. The Labute approximate surface area is 186 Å². The van der Waals surface area contributed by atoms with Crippen LogP contribution < -0.4 is 14.4 Å². The Balaban J connectivity index is 1.43. The molecule has 8 heteroatoms. The zero-order valence-electron chi connectivity index (χ0n) is 17.4. The molecule has 160 valence electrons. The van der Waals surface area contributed by atoms with E-state index in [9.17, 15) is 4.79 Å². The Bertz CT molecular complexity index is 1030. The highest BCUT2D eigenvalue weighted by molar-refractivity contribution is 6.30. The number of hydrogen-bond donors (Lipinski definition) is 0. The summed E-state index contributed by atoms with van der Waals surface area (Å²) in [6.07, 6.45) is 0. The first kappa shape index (κ1) is 20.9. The topological polar surface area (TPSA) is 67.8 Å². The molecule has 0 N–H and O–H groups in total. The van der Waals surface area contributed by atoms with Gasteiger partial charge in [-0.3, -0.25) is 4.79 Å². The summed E-state index contributed by atoms with van der Waals surface area (Å²) in [7, 11) is 3.10. The first-order chi connectivity index (χ1) is 15.1. The van der Waals surface area contributed by atoms with E-state index in [-0.39, 0.29) is 5.91 Å². The van der Waals surface area contributed by atoms with Crippen LogP contribution in [-0.4, -0.2) is 61.4 Å². The summed E-state index contributed by atoms with van der Waals surface area (Å²) >= 11 is 5.95. The zero-order valence-corrected chi connectivity index (χ0v) is 18.2. The van der Waals surface area contributed by atoms with Crippen LogP contribution in [-0.2, 0) is 0 Å². The molecule has 0 unspecified atom stereocenters. The lowest BCUT2D eigenvalue weighted by Gasteiger charge is -2.35. The molecule has 2 heterocycles. The molecular weight excluding hydrogens is 416 g/mol. The first-order valence-electron chi connectivity index (χ1n) is 9.95. The van der Waals surface area contributed by atoms with Crippen molar-refractivity contribution in [3.05, 3.63) is 65.2 Å². The van der Waals surface area contributed by atoms with E-state index < -0.39 is 0 Å². The van der Waals surface area contributed by atoms with Gasteiger partial charge in [-0.05, 0) is 36.4 Å². The molecule has 1 aliphatic rings. The van der Waals surface area contributed by atoms with Gasteiger partial charge in [-0.15, -0.1) is 10.2 Å². The number of nitrogens with zero attached hydrogens (tertiary/aromatic N) is 4. The SMILES string of the molecule is COc1cccc(OC)c1C(=O)N1CCN(c2ccc(-c3ccc(Cl)cc3)nn2)CC1. The van der Waals surface area contributed by atoms with E-state index in [4.69, 9.17) is 21.1 Å². The van der Waals surface area contributed by atoms with Crippen LogP contribution in [0.15, 0.2) is 54.6 Å². The van der Waals surface area contributed by atoms with Crippen LogP contribution in [0.25, 0.3) is 11.3 Å². The number of halogens is 1. The van der Waals surface area contributed by atoms with E-state index >= 15 is 0 Å². The van der Waals surface area contributed by atoms with Gasteiger partial charge in [-0.2, -0.15) is 0 Å². The summed E-state index contributed by atoms with van der Waals surface area (Å²) < 4.78 is 10.8.